The van der Waals surface area contributed by atoms with Crippen molar-refractivity contribution in [3.8, 4) is 5.75 Å². The molecule has 0 saturated carbocycles. The molecule has 3 rings (SSSR count). The summed E-state index contributed by atoms with van der Waals surface area (Å²) in [6.45, 7) is 11.6. The summed E-state index contributed by atoms with van der Waals surface area (Å²) in [7, 11) is 1.58. The summed E-state index contributed by atoms with van der Waals surface area (Å²) in [6.07, 6.45) is 0.0824. The maximum Gasteiger partial charge on any atom is 1.00 e. The van der Waals surface area contributed by atoms with Crippen LogP contribution in [0.3, 0.4) is 0 Å². The van der Waals surface area contributed by atoms with Crippen LogP contribution in [0.2, 0.25) is 0 Å². The van der Waals surface area contributed by atoms with Crippen LogP contribution < -0.4 is 92.2 Å². The summed E-state index contributed by atoms with van der Waals surface area (Å²) < 4.78 is 45.9. The summed E-state index contributed by atoms with van der Waals surface area (Å²) in [5, 5.41) is 7.98. The second kappa shape index (κ2) is 15.0. The minimum Gasteiger partial charge on any atom is -1.00 e. The first-order valence-electron chi connectivity index (χ1n) is 10.5. The van der Waals surface area contributed by atoms with Crippen molar-refractivity contribution in [2.24, 2.45) is 5.92 Å². The van der Waals surface area contributed by atoms with Gasteiger partial charge in [-0.15, -0.1) is 0 Å². The molecular formula is C23H31F3IN4ORb. The van der Waals surface area contributed by atoms with E-state index in [2.05, 4.69) is 22.0 Å². The molecule has 3 heterocycles. The number of alkyl halides is 3. The van der Waals surface area contributed by atoms with Crippen LogP contribution in [0.25, 0.3) is 5.57 Å². The van der Waals surface area contributed by atoms with E-state index in [4.69, 9.17) is 4.74 Å². The maximum atomic E-state index is 13.0. The van der Waals surface area contributed by atoms with Gasteiger partial charge in [-0.2, -0.15) is 18.3 Å². The summed E-state index contributed by atoms with van der Waals surface area (Å²) in [4.78, 5) is 4.34. The molecule has 0 aliphatic carbocycles. The molecule has 0 bridgehead atoms. The van der Waals surface area contributed by atoms with Crippen LogP contribution >= 0.6 is 0 Å². The van der Waals surface area contributed by atoms with Gasteiger partial charge in [0.2, 0.25) is 0 Å². The number of anilines is 1. The zero-order chi connectivity index (χ0) is 23.2. The van der Waals surface area contributed by atoms with Gasteiger partial charge in [-0.3, -0.25) is 4.68 Å². The molecule has 10 heteroatoms. The van der Waals surface area contributed by atoms with Gasteiger partial charge in [-0.05, 0) is 48.6 Å². The predicted molar refractivity (Wildman–Crippen MR) is 118 cm³/mol. The van der Waals surface area contributed by atoms with Gasteiger partial charge >= 0.3 is 64.4 Å². The van der Waals surface area contributed by atoms with E-state index in [1.54, 1.807) is 13.3 Å². The van der Waals surface area contributed by atoms with Crippen LogP contribution in [0.1, 0.15) is 58.0 Å². The van der Waals surface area contributed by atoms with Crippen molar-refractivity contribution in [1.82, 2.24) is 14.8 Å². The van der Waals surface area contributed by atoms with Crippen LogP contribution in [-0.2, 0) is 6.54 Å². The first kappa shape index (κ1) is 32.8. The van der Waals surface area contributed by atoms with Crippen molar-refractivity contribution in [1.29, 1.82) is 0 Å². The Labute approximate surface area is 260 Å². The molecule has 1 atom stereocenters. The van der Waals surface area contributed by atoms with Crippen molar-refractivity contribution < 1.29 is 100 Å². The Morgan fingerprint density at radius 2 is 1.97 bits per heavy atom. The number of halogens is 4. The minimum absolute atomic E-state index is 0. The molecule has 2 aromatic rings. The molecule has 1 N–H and O–H groups in total. The molecule has 5 nitrogen and oxygen atoms in total. The molecule has 1 unspecified atom stereocenters. The van der Waals surface area contributed by atoms with E-state index in [1.165, 1.54) is 0 Å². The van der Waals surface area contributed by atoms with E-state index in [0.29, 0.717) is 22.8 Å². The number of nitrogens with zero attached hydrogens (tertiary/aromatic N) is 3. The predicted octanol–water partition coefficient (Wildman–Crippen LogP) is 0.426. The van der Waals surface area contributed by atoms with Crippen LogP contribution in [0, 0.1) is 5.92 Å². The average molecular weight is 649 g/mol. The Balaban J connectivity index is 0.00000249. The largest absolute Gasteiger partial charge is 1.00 e. The molecule has 178 valence electrons. The van der Waals surface area contributed by atoms with Crippen LogP contribution in [0.15, 0.2) is 42.6 Å². The third-order valence-corrected chi connectivity index (χ3v) is 4.94. The summed E-state index contributed by atoms with van der Waals surface area (Å²) in [6, 6.07) is 5.51. The number of hydrogen-bond donors (Lipinski definition) is 1. The fourth-order valence-electron chi connectivity index (χ4n) is 3.34. The van der Waals surface area contributed by atoms with E-state index in [9.17, 15) is 13.2 Å². The molecule has 2 aromatic heterocycles. The topological polar surface area (TPSA) is 52.0 Å². The molecule has 0 aromatic carbocycles. The number of pyridine rings is 1. The third-order valence-electron chi connectivity index (χ3n) is 4.94. The van der Waals surface area contributed by atoms with Gasteiger partial charge in [-0.1, -0.05) is 34.3 Å². The van der Waals surface area contributed by atoms with E-state index < -0.39 is 11.7 Å². The molecule has 0 radical (unpaired) electrons. The Bertz CT molecular complexity index is 911. The first-order valence-corrected chi connectivity index (χ1v) is 10.5. The number of nitrogens with one attached hydrogen (secondary N) is 1. The molecular weight excluding hydrogens is 618 g/mol. The molecule has 1 aliphatic rings. The quantitative estimate of drug-likeness (QED) is 0.365. The van der Waals surface area contributed by atoms with E-state index in [1.807, 2.05) is 50.6 Å². The minimum atomic E-state index is -4.45. The molecule has 0 saturated heterocycles. The van der Waals surface area contributed by atoms with E-state index >= 15 is 0 Å². The zero-order valence-corrected chi connectivity index (χ0v) is 27.2. The van der Waals surface area contributed by atoms with E-state index in [-0.39, 0.29) is 94.1 Å². The average Bonchev–Trinajstić information content (AvgIpc) is 3.17. The number of aryl methyl sites for hydroxylation is 1. The van der Waals surface area contributed by atoms with Gasteiger partial charge in [0.1, 0.15) is 11.6 Å². The van der Waals surface area contributed by atoms with Crippen molar-refractivity contribution in [3.05, 3.63) is 54.0 Å². The molecule has 1 aliphatic heterocycles. The number of rotatable bonds is 6. The smallest absolute Gasteiger partial charge is 1.00 e. The molecule has 33 heavy (non-hydrogen) atoms. The fraction of sp³-hybridized carbons (Fsp3) is 0.478. The fourth-order valence-corrected chi connectivity index (χ4v) is 3.34. The van der Waals surface area contributed by atoms with Gasteiger partial charge in [-0.25, -0.2) is 4.98 Å². The van der Waals surface area contributed by atoms with Crippen molar-refractivity contribution in [3.63, 3.8) is 0 Å². The van der Waals surface area contributed by atoms with Crippen LogP contribution in [0.5, 0.6) is 5.75 Å². The summed E-state index contributed by atoms with van der Waals surface area (Å²) >= 11 is 0. The first-order chi connectivity index (χ1) is 14.7. The van der Waals surface area contributed by atoms with E-state index in [0.717, 1.165) is 31.2 Å². The monoisotopic (exact) mass is 648 g/mol. The summed E-state index contributed by atoms with van der Waals surface area (Å²) in [5.74, 6) is 1.25. The van der Waals surface area contributed by atoms with Gasteiger partial charge < -0.3 is 34.0 Å². The number of aromatic nitrogens is 3. The number of ether oxygens (including phenoxy) is 1. The standard InChI is InChI=1S/C21H25F3N4O.C2H6.HI.Rb/c1-13(2)16(10-14(3)21(22,23)24)18-11-19-17(6-5-9-28(19)27-18)26-20-8-7-15(29-4)12-25-20;1-2;;/h7-8,10-13,17H,3,5-6,9H2,1-2,4H3,(H,25,26);1-2H3;1H;/q;;;+1/p-1/b16-10+;;;. The SMILES string of the molecule is C=C(/C=C(/c1cc2n(n1)CCCC2Nc1ccc(OC)cn1)C(C)C)C(F)(F)F.CC.[I-].[Rb+]. The number of hydrogen-bond acceptors (Lipinski definition) is 4. The number of allylic oxidation sites excluding steroid dienone is 3. The van der Waals surface area contributed by atoms with Gasteiger partial charge in [0.05, 0.1) is 30.7 Å². The van der Waals surface area contributed by atoms with Gasteiger partial charge in [0.15, 0.2) is 0 Å². The second-order valence-corrected chi connectivity index (χ2v) is 7.38. The van der Waals surface area contributed by atoms with Crippen molar-refractivity contribution in [2.75, 3.05) is 12.4 Å². The maximum absolute atomic E-state index is 13.0. The Hall–Kier alpha value is -0.235. The third kappa shape index (κ3) is 9.05. The number of fused-ring (bicyclic) bond motifs is 1. The van der Waals surface area contributed by atoms with Crippen LogP contribution in [-0.4, -0.2) is 28.1 Å². The molecule has 0 spiro atoms. The Morgan fingerprint density at radius 3 is 2.48 bits per heavy atom. The van der Waals surface area contributed by atoms with Crippen LogP contribution in [0.4, 0.5) is 19.0 Å². The van der Waals surface area contributed by atoms with Crippen molar-refractivity contribution >= 4 is 11.4 Å². The zero-order valence-electron chi connectivity index (χ0n) is 20.1. The van der Waals surface area contributed by atoms with Crippen molar-refractivity contribution in [2.45, 2.75) is 59.3 Å². The Kier molecular flexibility index (Phi) is 14.9. The number of methoxy groups -OCH3 is 1. The normalized spacial score (nSPS) is 15.3. The van der Waals surface area contributed by atoms with Gasteiger partial charge in [0, 0.05) is 12.1 Å². The summed E-state index contributed by atoms with van der Waals surface area (Å²) in [5.41, 5.74) is 1.14. The van der Waals surface area contributed by atoms with Gasteiger partial charge in [0.25, 0.3) is 0 Å². The second-order valence-electron chi connectivity index (χ2n) is 7.38. The molecule has 0 fully saturated rings. The molecule has 0 amide bonds. The Morgan fingerprint density at radius 1 is 1.30 bits per heavy atom.